The van der Waals surface area contributed by atoms with Crippen LogP contribution in [0.3, 0.4) is 0 Å². The highest BCUT2D eigenvalue weighted by Crippen LogP contribution is 2.48. The number of hydrogen-bond acceptors (Lipinski definition) is 6. The Bertz CT molecular complexity index is 934. The SMILES string of the molecule is Fc1ccccc1C1(Nc2cnc(-c3noc(C(F)(F)F)n3)nc2)CC1. The van der Waals surface area contributed by atoms with Gasteiger partial charge in [-0.15, -0.1) is 0 Å². The molecular weight excluding hydrogens is 354 g/mol. The van der Waals surface area contributed by atoms with E-state index in [1.54, 1.807) is 18.2 Å². The second kappa shape index (κ2) is 5.75. The molecule has 0 amide bonds. The quantitative estimate of drug-likeness (QED) is 0.709. The summed E-state index contributed by atoms with van der Waals surface area (Å²) in [6.45, 7) is 0. The van der Waals surface area contributed by atoms with E-state index in [9.17, 15) is 17.6 Å². The topological polar surface area (TPSA) is 76.7 Å². The third-order valence-corrected chi connectivity index (χ3v) is 4.04. The average molecular weight is 365 g/mol. The summed E-state index contributed by atoms with van der Waals surface area (Å²) in [7, 11) is 0. The number of rotatable bonds is 4. The molecule has 0 radical (unpaired) electrons. The minimum absolute atomic E-state index is 0.106. The van der Waals surface area contributed by atoms with E-state index >= 15 is 0 Å². The van der Waals surface area contributed by atoms with Gasteiger partial charge in [0.05, 0.1) is 23.6 Å². The van der Waals surface area contributed by atoms with Gasteiger partial charge < -0.3 is 9.84 Å². The first kappa shape index (κ1) is 16.4. The van der Waals surface area contributed by atoms with Crippen molar-refractivity contribution < 1.29 is 22.1 Å². The van der Waals surface area contributed by atoms with E-state index in [0.717, 1.165) is 12.8 Å². The van der Waals surface area contributed by atoms with Crippen LogP contribution in [0.2, 0.25) is 0 Å². The molecule has 0 atom stereocenters. The van der Waals surface area contributed by atoms with Crippen LogP contribution in [-0.2, 0) is 11.7 Å². The van der Waals surface area contributed by atoms with Gasteiger partial charge in [0.2, 0.25) is 11.6 Å². The molecule has 0 bridgehead atoms. The fourth-order valence-electron chi connectivity index (χ4n) is 2.65. The van der Waals surface area contributed by atoms with E-state index < -0.39 is 17.6 Å². The van der Waals surface area contributed by atoms with E-state index in [1.165, 1.54) is 18.5 Å². The van der Waals surface area contributed by atoms with Gasteiger partial charge in [-0.2, -0.15) is 18.2 Å². The molecular formula is C16H11F4N5O. The van der Waals surface area contributed by atoms with Crippen LogP contribution in [-0.4, -0.2) is 20.1 Å². The standard InChI is InChI=1S/C16H11F4N5O/c17-11-4-2-1-3-10(11)15(5-6-15)24-9-7-21-12(22-8-9)13-23-14(26-25-13)16(18,19)20/h1-4,7-8,24H,5-6H2. The first-order chi connectivity index (χ1) is 12.4. The maximum Gasteiger partial charge on any atom is 0.471 e. The monoisotopic (exact) mass is 365 g/mol. The van der Waals surface area contributed by atoms with Crippen molar-refractivity contribution in [1.29, 1.82) is 0 Å². The first-order valence-electron chi connectivity index (χ1n) is 7.64. The van der Waals surface area contributed by atoms with Crippen molar-refractivity contribution in [2.45, 2.75) is 24.6 Å². The van der Waals surface area contributed by atoms with Gasteiger partial charge in [0.15, 0.2) is 0 Å². The Hall–Kier alpha value is -3.04. The van der Waals surface area contributed by atoms with E-state index in [1.807, 2.05) is 0 Å². The Morgan fingerprint density at radius 2 is 1.73 bits per heavy atom. The highest BCUT2D eigenvalue weighted by Gasteiger charge is 2.46. The number of nitrogens with zero attached hydrogens (tertiary/aromatic N) is 4. The zero-order valence-corrected chi connectivity index (χ0v) is 13.1. The molecule has 2 heterocycles. The summed E-state index contributed by atoms with van der Waals surface area (Å²) in [6.07, 6.45) is -0.477. The normalized spacial score (nSPS) is 15.7. The maximum absolute atomic E-state index is 14.0. The summed E-state index contributed by atoms with van der Waals surface area (Å²) in [5, 5.41) is 6.41. The summed E-state index contributed by atoms with van der Waals surface area (Å²) < 4.78 is 55.6. The van der Waals surface area contributed by atoms with E-state index in [-0.39, 0.29) is 17.5 Å². The van der Waals surface area contributed by atoms with E-state index in [0.29, 0.717) is 11.3 Å². The van der Waals surface area contributed by atoms with Gasteiger partial charge in [0.1, 0.15) is 5.82 Å². The molecule has 0 saturated heterocycles. The van der Waals surface area contributed by atoms with Gasteiger partial charge in [0, 0.05) is 5.56 Å². The van der Waals surface area contributed by atoms with Crippen molar-refractivity contribution in [3.05, 3.63) is 53.9 Å². The van der Waals surface area contributed by atoms with Crippen LogP contribution in [0.5, 0.6) is 0 Å². The van der Waals surface area contributed by atoms with Gasteiger partial charge in [0.25, 0.3) is 0 Å². The van der Waals surface area contributed by atoms with Crippen LogP contribution in [0.4, 0.5) is 23.2 Å². The summed E-state index contributed by atoms with van der Waals surface area (Å²) in [5.74, 6) is -2.24. The number of alkyl halides is 3. The molecule has 134 valence electrons. The predicted molar refractivity (Wildman–Crippen MR) is 81.3 cm³/mol. The smallest absolute Gasteiger partial charge is 0.373 e. The molecule has 0 aliphatic heterocycles. The fraction of sp³-hybridized carbons (Fsp3) is 0.250. The Kier molecular flexibility index (Phi) is 3.63. The van der Waals surface area contributed by atoms with Gasteiger partial charge in [-0.05, 0) is 18.9 Å². The predicted octanol–water partition coefficient (Wildman–Crippen LogP) is 3.79. The molecule has 1 aliphatic rings. The molecule has 1 N–H and O–H groups in total. The molecule has 10 heteroatoms. The Balaban J connectivity index is 1.54. The molecule has 1 saturated carbocycles. The van der Waals surface area contributed by atoms with Crippen molar-refractivity contribution >= 4 is 5.69 Å². The average Bonchev–Trinajstić information content (AvgIpc) is 3.19. The molecule has 4 rings (SSSR count). The largest absolute Gasteiger partial charge is 0.471 e. The fourth-order valence-corrected chi connectivity index (χ4v) is 2.65. The molecule has 0 unspecified atom stereocenters. The van der Waals surface area contributed by atoms with Gasteiger partial charge in [-0.25, -0.2) is 14.4 Å². The van der Waals surface area contributed by atoms with Crippen molar-refractivity contribution in [2.75, 3.05) is 5.32 Å². The van der Waals surface area contributed by atoms with Crippen molar-refractivity contribution in [3.8, 4) is 11.6 Å². The molecule has 26 heavy (non-hydrogen) atoms. The summed E-state index contributed by atoms with van der Waals surface area (Å²) in [6, 6.07) is 6.48. The Morgan fingerprint density at radius 1 is 1.04 bits per heavy atom. The van der Waals surface area contributed by atoms with Crippen molar-refractivity contribution in [2.24, 2.45) is 0 Å². The highest BCUT2D eigenvalue weighted by atomic mass is 19.4. The minimum Gasteiger partial charge on any atom is -0.373 e. The maximum atomic E-state index is 14.0. The number of anilines is 1. The minimum atomic E-state index is -4.73. The number of nitrogens with one attached hydrogen (secondary N) is 1. The van der Waals surface area contributed by atoms with Gasteiger partial charge >= 0.3 is 12.1 Å². The molecule has 3 aromatic rings. The summed E-state index contributed by atoms with van der Waals surface area (Å²) >= 11 is 0. The first-order valence-corrected chi connectivity index (χ1v) is 7.64. The zero-order chi connectivity index (χ0) is 18.4. The van der Waals surface area contributed by atoms with Crippen molar-refractivity contribution in [3.63, 3.8) is 0 Å². The lowest BCUT2D eigenvalue weighted by molar-refractivity contribution is -0.159. The molecule has 6 nitrogen and oxygen atoms in total. The number of halogens is 4. The Labute approximate surface area is 144 Å². The van der Waals surface area contributed by atoms with Crippen LogP contribution in [0.25, 0.3) is 11.6 Å². The van der Waals surface area contributed by atoms with E-state index in [2.05, 4.69) is 29.9 Å². The second-order valence-corrected chi connectivity index (χ2v) is 5.90. The summed E-state index contributed by atoms with van der Waals surface area (Å²) in [4.78, 5) is 11.1. The van der Waals surface area contributed by atoms with Crippen LogP contribution in [0.1, 0.15) is 24.3 Å². The second-order valence-electron chi connectivity index (χ2n) is 5.90. The van der Waals surface area contributed by atoms with Crippen LogP contribution < -0.4 is 5.32 Å². The molecule has 1 aliphatic carbocycles. The number of hydrogen-bond donors (Lipinski definition) is 1. The van der Waals surface area contributed by atoms with Crippen LogP contribution >= 0.6 is 0 Å². The number of benzene rings is 1. The third kappa shape index (κ3) is 2.98. The molecule has 1 fully saturated rings. The Morgan fingerprint density at radius 3 is 2.31 bits per heavy atom. The molecule has 1 aromatic carbocycles. The van der Waals surface area contributed by atoms with Crippen LogP contribution in [0, 0.1) is 5.82 Å². The van der Waals surface area contributed by atoms with Crippen molar-refractivity contribution in [1.82, 2.24) is 20.1 Å². The zero-order valence-electron chi connectivity index (χ0n) is 13.1. The van der Waals surface area contributed by atoms with E-state index in [4.69, 9.17) is 0 Å². The molecule has 0 spiro atoms. The lowest BCUT2D eigenvalue weighted by Crippen LogP contribution is -2.20. The van der Waals surface area contributed by atoms with Gasteiger partial charge in [-0.3, -0.25) is 0 Å². The summed E-state index contributed by atoms with van der Waals surface area (Å²) in [5.41, 5.74) is 0.539. The molecule has 2 aromatic heterocycles. The van der Waals surface area contributed by atoms with Crippen LogP contribution in [0.15, 0.2) is 41.2 Å². The number of aromatic nitrogens is 4. The third-order valence-electron chi connectivity index (χ3n) is 4.04. The lowest BCUT2D eigenvalue weighted by Gasteiger charge is -2.19. The highest BCUT2D eigenvalue weighted by molar-refractivity contribution is 5.51. The van der Waals surface area contributed by atoms with Gasteiger partial charge in [-0.1, -0.05) is 23.4 Å². The lowest BCUT2D eigenvalue weighted by atomic mass is 10.0.